The molecular weight excluding hydrogens is 486 g/mol. The molecule has 38 heavy (non-hydrogen) atoms. The van der Waals surface area contributed by atoms with Gasteiger partial charge in [-0.3, -0.25) is 14.4 Å². The molecule has 0 aliphatic carbocycles. The highest BCUT2D eigenvalue weighted by Gasteiger charge is 2.79. The highest BCUT2D eigenvalue weighted by Crippen LogP contribution is 2.64. The molecule has 1 aromatic carbocycles. The van der Waals surface area contributed by atoms with Gasteiger partial charge in [0.2, 0.25) is 5.91 Å². The van der Waals surface area contributed by atoms with E-state index in [1.54, 1.807) is 11.0 Å². The molecule has 0 saturated carbocycles. The van der Waals surface area contributed by atoms with Gasteiger partial charge in [-0.15, -0.1) is 6.58 Å². The van der Waals surface area contributed by atoms with Crippen molar-refractivity contribution in [1.29, 1.82) is 0 Å². The average Bonchev–Trinajstić information content (AvgIpc) is 3.52. The first-order valence-electron chi connectivity index (χ1n) is 13.9. The fraction of sp³-hybridized carbons (Fsp3) is 0.621. The molecule has 0 aromatic heterocycles. The lowest BCUT2D eigenvalue weighted by Gasteiger charge is -2.37. The van der Waals surface area contributed by atoms with E-state index in [9.17, 15) is 24.6 Å². The topological polar surface area (TPSA) is 111 Å². The summed E-state index contributed by atoms with van der Waals surface area (Å²) in [5.41, 5.74) is -0.401. The summed E-state index contributed by atoms with van der Waals surface area (Å²) in [6, 6.07) is 6.82. The molecule has 1 aromatic rings. The van der Waals surface area contributed by atoms with E-state index in [0.717, 1.165) is 18.8 Å². The number of anilines is 2. The van der Waals surface area contributed by atoms with Gasteiger partial charge in [0.15, 0.2) is 0 Å². The SMILES string of the molecule is C=CCN(C(=O)C1N(CCCCO)C(=O)[C@@H]2[C@@H](C(=O)O)[C@@]3(CC)CCC12O3)c1ccc(N(CC)CC)cc1. The normalized spacial score (nSPS) is 29.4. The molecule has 2 unspecified atom stereocenters. The van der Waals surface area contributed by atoms with Gasteiger partial charge in [-0.2, -0.15) is 0 Å². The number of unbranched alkanes of at least 4 members (excludes halogenated alkanes) is 1. The summed E-state index contributed by atoms with van der Waals surface area (Å²) in [6.45, 7) is 12.1. The van der Waals surface area contributed by atoms with Gasteiger partial charge in [-0.05, 0) is 70.2 Å². The number of aliphatic hydroxyl groups is 1. The minimum atomic E-state index is -1.19. The Morgan fingerprint density at radius 3 is 2.34 bits per heavy atom. The molecular formula is C29H41N3O6. The number of fused-ring (bicyclic) bond motifs is 1. The van der Waals surface area contributed by atoms with Crippen molar-refractivity contribution in [2.45, 2.75) is 70.1 Å². The summed E-state index contributed by atoms with van der Waals surface area (Å²) >= 11 is 0. The van der Waals surface area contributed by atoms with Gasteiger partial charge < -0.3 is 29.6 Å². The zero-order chi connectivity index (χ0) is 27.7. The number of rotatable bonds is 13. The van der Waals surface area contributed by atoms with Crippen LogP contribution in [0.15, 0.2) is 36.9 Å². The van der Waals surface area contributed by atoms with Crippen LogP contribution in [0.3, 0.4) is 0 Å². The van der Waals surface area contributed by atoms with Crippen LogP contribution in [0.4, 0.5) is 11.4 Å². The van der Waals surface area contributed by atoms with Crippen LogP contribution in [0.5, 0.6) is 0 Å². The van der Waals surface area contributed by atoms with Gasteiger partial charge in [0, 0.05) is 44.2 Å². The van der Waals surface area contributed by atoms with Crippen LogP contribution < -0.4 is 9.80 Å². The van der Waals surface area contributed by atoms with Gasteiger partial charge >= 0.3 is 5.97 Å². The molecule has 3 saturated heterocycles. The molecule has 5 atom stereocenters. The van der Waals surface area contributed by atoms with Crippen molar-refractivity contribution in [3.8, 4) is 0 Å². The van der Waals surface area contributed by atoms with E-state index in [1.807, 2.05) is 31.2 Å². The van der Waals surface area contributed by atoms with Crippen molar-refractivity contribution in [3.63, 3.8) is 0 Å². The predicted molar refractivity (Wildman–Crippen MR) is 145 cm³/mol. The average molecular weight is 528 g/mol. The monoisotopic (exact) mass is 527 g/mol. The molecule has 0 radical (unpaired) electrons. The Bertz CT molecular complexity index is 1060. The molecule has 9 heteroatoms. The summed E-state index contributed by atoms with van der Waals surface area (Å²) in [7, 11) is 0. The van der Waals surface area contributed by atoms with Crippen LogP contribution in [-0.2, 0) is 19.1 Å². The third-order valence-electron chi connectivity index (χ3n) is 8.86. The van der Waals surface area contributed by atoms with Crippen LogP contribution in [0.1, 0.15) is 52.9 Å². The number of nitrogens with zero attached hydrogens (tertiary/aromatic N) is 3. The number of aliphatic hydroxyl groups excluding tert-OH is 1. The lowest BCUT2D eigenvalue weighted by atomic mass is 9.65. The van der Waals surface area contributed by atoms with Crippen molar-refractivity contribution in [2.75, 3.05) is 42.6 Å². The first-order valence-corrected chi connectivity index (χ1v) is 13.9. The Kier molecular flexibility index (Phi) is 8.18. The van der Waals surface area contributed by atoms with Crippen LogP contribution in [0, 0.1) is 11.8 Å². The van der Waals surface area contributed by atoms with E-state index in [-0.39, 0.29) is 31.5 Å². The number of amides is 2. The predicted octanol–water partition coefficient (Wildman–Crippen LogP) is 3.06. The largest absolute Gasteiger partial charge is 0.481 e. The van der Waals surface area contributed by atoms with E-state index in [0.29, 0.717) is 37.8 Å². The standard InChI is InChI=1S/C29H41N3O6/c1-5-17-31(21-13-11-20(12-14-21)30(7-3)8-4)26(35)24-29-16-15-28(6-2,38-29)23(27(36)37)22(29)25(34)32(24)18-9-10-19-33/h5,11-14,22-24,33H,1,6-10,15-19H2,2-4H3,(H,36,37)/t22-,23-,24?,28+,29?/m0/s1. The Balaban J connectivity index is 1.75. The quantitative estimate of drug-likeness (QED) is 0.300. The summed E-state index contributed by atoms with van der Waals surface area (Å²) in [5, 5.41) is 19.5. The van der Waals surface area contributed by atoms with Gasteiger partial charge in [0.1, 0.15) is 17.6 Å². The molecule has 2 amide bonds. The third kappa shape index (κ3) is 4.29. The summed E-state index contributed by atoms with van der Waals surface area (Å²) < 4.78 is 6.61. The highest BCUT2D eigenvalue weighted by atomic mass is 16.5. The lowest BCUT2D eigenvalue weighted by molar-refractivity contribution is -0.155. The third-order valence-corrected chi connectivity index (χ3v) is 8.86. The summed E-state index contributed by atoms with van der Waals surface area (Å²) in [4.78, 5) is 46.2. The maximum Gasteiger partial charge on any atom is 0.310 e. The van der Waals surface area contributed by atoms with Crippen molar-refractivity contribution in [2.24, 2.45) is 11.8 Å². The second-order valence-corrected chi connectivity index (χ2v) is 10.6. The maximum atomic E-state index is 14.4. The molecule has 208 valence electrons. The molecule has 9 nitrogen and oxygen atoms in total. The molecule has 3 aliphatic rings. The van der Waals surface area contributed by atoms with Crippen LogP contribution in [0.2, 0.25) is 0 Å². The fourth-order valence-electron chi connectivity index (χ4n) is 7.04. The fourth-order valence-corrected chi connectivity index (χ4v) is 7.04. The van der Waals surface area contributed by atoms with Crippen LogP contribution >= 0.6 is 0 Å². The molecule has 2 bridgehead atoms. The van der Waals surface area contributed by atoms with Crippen molar-refractivity contribution < 1.29 is 29.3 Å². The number of ether oxygens (including phenoxy) is 1. The lowest BCUT2D eigenvalue weighted by Crippen LogP contribution is -2.56. The molecule has 2 N–H and O–H groups in total. The molecule has 3 heterocycles. The van der Waals surface area contributed by atoms with Crippen molar-refractivity contribution >= 4 is 29.2 Å². The highest BCUT2D eigenvalue weighted by molar-refractivity contribution is 6.04. The first-order chi connectivity index (χ1) is 18.2. The number of benzene rings is 1. The number of hydrogen-bond donors (Lipinski definition) is 2. The van der Waals surface area contributed by atoms with Crippen molar-refractivity contribution in [1.82, 2.24) is 4.90 Å². The van der Waals surface area contributed by atoms with E-state index in [2.05, 4.69) is 25.3 Å². The molecule has 4 rings (SSSR count). The van der Waals surface area contributed by atoms with Gasteiger partial charge in [-0.1, -0.05) is 13.0 Å². The second kappa shape index (κ2) is 11.1. The number of hydrogen-bond acceptors (Lipinski definition) is 6. The van der Waals surface area contributed by atoms with E-state index in [4.69, 9.17) is 4.74 Å². The minimum Gasteiger partial charge on any atom is -0.481 e. The number of likely N-dealkylation sites (tertiary alicyclic amines) is 1. The van der Waals surface area contributed by atoms with Gasteiger partial charge in [-0.25, -0.2) is 0 Å². The zero-order valence-corrected chi connectivity index (χ0v) is 22.8. The molecule has 3 fully saturated rings. The number of carboxylic acids is 1. The summed E-state index contributed by atoms with van der Waals surface area (Å²) in [6.07, 6.45) is 4.05. The number of carbonyl (C=O) groups excluding carboxylic acids is 2. The van der Waals surface area contributed by atoms with Gasteiger partial charge in [0.25, 0.3) is 5.91 Å². The Hall–Kier alpha value is -2.91. The summed E-state index contributed by atoms with van der Waals surface area (Å²) in [5.74, 6) is -3.58. The first kappa shape index (κ1) is 28.1. The van der Waals surface area contributed by atoms with Crippen LogP contribution in [0.25, 0.3) is 0 Å². The van der Waals surface area contributed by atoms with E-state index >= 15 is 0 Å². The van der Waals surface area contributed by atoms with Gasteiger partial charge in [0.05, 0.1) is 11.5 Å². The number of carbonyl (C=O) groups is 3. The second-order valence-electron chi connectivity index (χ2n) is 10.6. The zero-order valence-electron chi connectivity index (χ0n) is 22.8. The Labute approximate surface area is 225 Å². The van der Waals surface area contributed by atoms with Crippen molar-refractivity contribution in [3.05, 3.63) is 36.9 Å². The number of aliphatic carboxylic acids is 1. The van der Waals surface area contributed by atoms with E-state index in [1.165, 1.54) is 4.90 Å². The maximum absolute atomic E-state index is 14.4. The molecule has 3 aliphatic heterocycles. The Morgan fingerprint density at radius 2 is 1.79 bits per heavy atom. The Morgan fingerprint density at radius 1 is 1.13 bits per heavy atom. The smallest absolute Gasteiger partial charge is 0.310 e. The molecule has 1 spiro atoms. The minimum absolute atomic E-state index is 0.0239. The van der Waals surface area contributed by atoms with E-state index < -0.39 is 35.0 Å². The number of carboxylic acid groups (broad SMARTS) is 1. The van der Waals surface area contributed by atoms with Crippen LogP contribution in [-0.4, -0.2) is 82.9 Å².